The minimum absolute atomic E-state index is 0.157. The predicted octanol–water partition coefficient (Wildman–Crippen LogP) is 3.42. The van der Waals surface area contributed by atoms with Crippen molar-refractivity contribution in [3.63, 3.8) is 0 Å². The number of likely N-dealkylation sites (N-methyl/N-ethyl adjacent to an activating group) is 1. The lowest BCUT2D eigenvalue weighted by Gasteiger charge is -2.16. The van der Waals surface area contributed by atoms with E-state index < -0.39 is 18.5 Å². The van der Waals surface area contributed by atoms with E-state index in [0.717, 1.165) is 10.0 Å². The standard InChI is InChI=1S/C22H23BrN2O5/c1-15-4-8-18(9-5-15)24-20(26)13-25(2)21(27)14-30-22(28)11-6-16-12-17(23)7-10-19(16)29-3/h4-12H,13-14H2,1-3H3,(H,24,26)/b11-6+. The van der Waals surface area contributed by atoms with Crippen LogP contribution in [0.4, 0.5) is 5.69 Å². The van der Waals surface area contributed by atoms with Crippen LogP contribution < -0.4 is 10.1 Å². The number of ether oxygens (including phenoxy) is 2. The van der Waals surface area contributed by atoms with E-state index in [1.807, 2.05) is 25.1 Å². The molecule has 1 N–H and O–H groups in total. The maximum atomic E-state index is 12.1. The maximum absolute atomic E-state index is 12.1. The molecule has 0 aliphatic heterocycles. The Morgan fingerprint density at radius 1 is 1.13 bits per heavy atom. The lowest BCUT2D eigenvalue weighted by atomic mass is 10.2. The second-order valence-electron chi connectivity index (χ2n) is 6.49. The Bertz CT molecular complexity index is 941. The summed E-state index contributed by atoms with van der Waals surface area (Å²) in [6.45, 7) is 1.33. The molecule has 2 amide bonds. The molecule has 158 valence electrons. The molecule has 0 aromatic heterocycles. The van der Waals surface area contributed by atoms with Crippen molar-refractivity contribution in [3.8, 4) is 5.75 Å². The van der Waals surface area contributed by atoms with Crippen molar-refractivity contribution in [2.45, 2.75) is 6.92 Å². The fourth-order valence-corrected chi connectivity index (χ4v) is 2.80. The van der Waals surface area contributed by atoms with Gasteiger partial charge in [-0.25, -0.2) is 4.79 Å². The molecule has 2 aromatic rings. The highest BCUT2D eigenvalue weighted by atomic mass is 79.9. The van der Waals surface area contributed by atoms with Crippen molar-refractivity contribution in [1.29, 1.82) is 0 Å². The van der Waals surface area contributed by atoms with Gasteiger partial charge < -0.3 is 19.7 Å². The summed E-state index contributed by atoms with van der Waals surface area (Å²) in [4.78, 5) is 37.3. The highest BCUT2D eigenvalue weighted by molar-refractivity contribution is 9.10. The molecule has 0 spiro atoms. The lowest BCUT2D eigenvalue weighted by molar-refractivity contribution is -0.148. The van der Waals surface area contributed by atoms with Crippen LogP contribution in [0.5, 0.6) is 5.75 Å². The molecule has 0 saturated heterocycles. The van der Waals surface area contributed by atoms with Gasteiger partial charge in [-0.3, -0.25) is 9.59 Å². The largest absolute Gasteiger partial charge is 0.496 e. The molecule has 0 atom stereocenters. The van der Waals surface area contributed by atoms with Crippen molar-refractivity contribution in [1.82, 2.24) is 4.90 Å². The van der Waals surface area contributed by atoms with Gasteiger partial charge in [-0.1, -0.05) is 33.6 Å². The van der Waals surface area contributed by atoms with Crippen molar-refractivity contribution in [2.75, 3.05) is 32.6 Å². The Morgan fingerprint density at radius 2 is 1.83 bits per heavy atom. The summed E-state index contributed by atoms with van der Waals surface area (Å²) in [5, 5.41) is 2.71. The summed E-state index contributed by atoms with van der Waals surface area (Å²) in [6, 6.07) is 12.7. The van der Waals surface area contributed by atoms with E-state index in [4.69, 9.17) is 9.47 Å². The molecular formula is C22H23BrN2O5. The summed E-state index contributed by atoms with van der Waals surface area (Å²) in [6.07, 6.45) is 2.75. The van der Waals surface area contributed by atoms with E-state index in [1.54, 1.807) is 24.3 Å². The van der Waals surface area contributed by atoms with Gasteiger partial charge in [0.05, 0.1) is 13.7 Å². The summed E-state index contributed by atoms with van der Waals surface area (Å²) >= 11 is 3.35. The second-order valence-corrected chi connectivity index (χ2v) is 7.41. The molecule has 0 bridgehead atoms. The van der Waals surface area contributed by atoms with Crippen LogP contribution in [0.1, 0.15) is 11.1 Å². The first kappa shape index (κ1) is 23.2. The number of benzene rings is 2. The van der Waals surface area contributed by atoms with E-state index in [-0.39, 0.29) is 12.5 Å². The molecule has 30 heavy (non-hydrogen) atoms. The number of aryl methyl sites for hydroxylation is 1. The van der Waals surface area contributed by atoms with Gasteiger partial charge in [0, 0.05) is 28.8 Å². The van der Waals surface area contributed by atoms with Crippen LogP contribution in [0.15, 0.2) is 53.0 Å². The Labute approximate surface area is 183 Å². The van der Waals surface area contributed by atoms with E-state index >= 15 is 0 Å². The third-order valence-electron chi connectivity index (χ3n) is 4.07. The third kappa shape index (κ3) is 7.36. The molecule has 2 rings (SSSR count). The molecular weight excluding hydrogens is 452 g/mol. The van der Waals surface area contributed by atoms with Crippen LogP contribution in [0, 0.1) is 6.92 Å². The summed E-state index contributed by atoms with van der Waals surface area (Å²) in [7, 11) is 3.00. The predicted molar refractivity (Wildman–Crippen MR) is 118 cm³/mol. The SMILES string of the molecule is COc1ccc(Br)cc1/C=C/C(=O)OCC(=O)N(C)CC(=O)Nc1ccc(C)cc1. The highest BCUT2D eigenvalue weighted by Gasteiger charge is 2.14. The molecule has 2 aromatic carbocycles. The number of halogens is 1. The number of methoxy groups -OCH3 is 1. The van der Waals surface area contributed by atoms with Crippen molar-refractivity contribution in [2.24, 2.45) is 0 Å². The first-order chi connectivity index (χ1) is 14.3. The molecule has 0 radical (unpaired) electrons. The van der Waals surface area contributed by atoms with Crippen LogP contribution in [-0.4, -0.2) is 50.0 Å². The number of hydrogen-bond donors (Lipinski definition) is 1. The van der Waals surface area contributed by atoms with Crippen LogP contribution in [0.2, 0.25) is 0 Å². The zero-order valence-electron chi connectivity index (χ0n) is 17.0. The van der Waals surface area contributed by atoms with Crippen molar-refractivity contribution < 1.29 is 23.9 Å². The summed E-state index contributed by atoms with van der Waals surface area (Å²) in [5.41, 5.74) is 2.40. The first-order valence-electron chi connectivity index (χ1n) is 9.07. The van der Waals surface area contributed by atoms with Gasteiger partial charge in [0.2, 0.25) is 5.91 Å². The molecule has 0 fully saturated rings. The average Bonchev–Trinajstić information content (AvgIpc) is 2.72. The molecule has 0 aliphatic rings. The van der Waals surface area contributed by atoms with Gasteiger partial charge in [-0.2, -0.15) is 0 Å². The number of carbonyl (C=O) groups excluding carboxylic acids is 3. The number of rotatable bonds is 8. The second kappa shape index (κ2) is 11.2. The Hall–Kier alpha value is -3.13. The topological polar surface area (TPSA) is 84.9 Å². The van der Waals surface area contributed by atoms with Gasteiger partial charge in [-0.05, 0) is 43.3 Å². The Balaban J connectivity index is 1.81. The Kier molecular flexibility index (Phi) is 8.61. The number of esters is 1. The minimum atomic E-state index is -0.678. The van der Waals surface area contributed by atoms with E-state index in [1.165, 1.54) is 31.2 Å². The van der Waals surface area contributed by atoms with Crippen LogP contribution in [-0.2, 0) is 19.1 Å². The normalized spacial score (nSPS) is 10.5. The number of nitrogens with one attached hydrogen (secondary N) is 1. The van der Waals surface area contributed by atoms with Gasteiger partial charge in [-0.15, -0.1) is 0 Å². The number of anilines is 1. The van der Waals surface area contributed by atoms with Gasteiger partial charge in [0.25, 0.3) is 5.91 Å². The molecule has 8 heteroatoms. The molecule has 0 unspecified atom stereocenters. The molecule has 7 nitrogen and oxygen atoms in total. The van der Waals surface area contributed by atoms with Crippen LogP contribution in [0.3, 0.4) is 0 Å². The van der Waals surface area contributed by atoms with E-state index in [9.17, 15) is 14.4 Å². The minimum Gasteiger partial charge on any atom is -0.496 e. The lowest BCUT2D eigenvalue weighted by Crippen LogP contribution is -2.37. The summed E-state index contributed by atoms with van der Waals surface area (Å²) in [5.74, 6) is -0.918. The summed E-state index contributed by atoms with van der Waals surface area (Å²) < 4.78 is 11.0. The fraction of sp³-hybridized carbons (Fsp3) is 0.227. The fourth-order valence-electron chi connectivity index (χ4n) is 2.43. The van der Waals surface area contributed by atoms with Crippen molar-refractivity contribution >= 4 is 45.5 Å². The Morgan fingerprint density at radius 3 is 2.50 bits per heavy atom. The quantitative estimate of drug-likeness (QED) is 0.467. The van der Waals surface area contributed by atoms with Gasteiger partial charge >= 0.3 is 5.97 Å². The number of nitrogens with zero attached hydrogens (tertiary/aromatic N) is 1. The molecule has 0 aliphatic carbocycles. The number of hydrogen-bond acceptors (Lipinski definition) is 5. The average molecular weight is 475 g/mol. The molecule has 0 saturated carbocycles. The number of amides is 2. The zero-order valence-corrected chi connectivity index (χ0v) is 18.6. The third-order valence-corrected chi connectivity index (χ3v) is 4.56. The zero-order chi connectivity index (χ0) is 22.1. The maximum Gasteiger partial charge on any atom is 0.331 e. The van der Waals surface area contributed by atoms with Gasteiger partial charge in [0.1, 0.15) is 5.75 Å². The monoisotopic (exact) mass is 474 g/mol. The highest BCUT2D eigenvalue weighted by Crippen LogP contribution is 2.24. The van der Waals surface area contributed by atoms with E-state index in [2.05, 4.69) is 21.2 Å². The molecule has 0 heterocycles. The smallest absolute Gasteiger partial charge is 0.331 e. The van der Waals surface area contributed by atoms with Crippen molar-refractivity contribution in [3.05, 3.63) is 64.1 Å². The first-order valence-corrected chi connectivity index (χ1v) is 9.86. The number of carbonyl (C=O) groups is 3. The van der Waals surface area contributed by atoms with Crippen LogP contribution >= 0.6 is 15.9 Å². The van der Waals surface area contributed by atoms with E-state index in [0.29, 0.717) is 17.0 Å². The van der Waals surface area contributed by atoms with Gasteiger partial charge in [0.15, 0.2) is 6.61 Å². The van der Waals surface area contributed by atoms with Crippen LogP contribution in [0.25, 0.3) is 6.08 Å².